The highest BCUT2D eigenvalue weighted by Crippen LogP contribution is 2.16. The van der Waals surface area contributed by atoms with Gasteiger partial charge in [-0.15, -0.1) is 0 Å². The fraction of sp³-hybridized carbons (Fsp3) is 0.333. The third kappa shape index (κ3) is 3.94. The van der Waals surface area contributed by atoms with Gasteiger partial charge in [0.05, 0.1) is 5.56 Å². The summed E-state index contributed by atoms with van der Waals surface area (Å²) in [6, 6.07) is 14.3. The Balaban J connectivity index is 1.24. The Morgan fingerprint density at radius 2 is 2.08 bits per heavy atom. The lowest BCUT2D eigenvalue weighted by Gasteiger charge is -2.16. The van der Waals surface area contributed by atoms with Gasteiger partial charge in [0.25, 0.3) is 5.91 Å². The smallest absolute Gasteiger partial charge is 0.252 e. The highest BCUT2D eigenvalue weighted by atomic mass is 16.1. The van der Waals surface area contributed by atoms with E-state index in [1.165, 1.54) is 5.56 Å². The number of nitrogens with one attached hydrogen (secondary N) is 1. The molecule has 0 saturated carbocycles. The monoisotopic (exact) mass is 348 g/mol. The Labute approximate surface area is 153 Å². The summed E-state index contributed by atoms with van der Waals surface area (Å²) < 4.78 is 1.87. The first-order valence-electron chi connectivity index (χ1n) is 9.25. The van der Waals surface area contributed by atoms with Crippen LogP contribution in [0.25, 0.3) is 5.65 Å². The zero-order chi connectivity index (χ0) is 17.8. The van der Waals surface area contributed by atoms with Crippen molar-refractivity contribution in [1.29, 1.82) is 0 Å². The lowest BCUT2D eigenvalue weighted by atomic mass is 10.1. The van der Waals surface area contributed by atoms with E-state index in [2.05, 4.69) is 45.5 Å². The number of amides is 1. The van der Waals surface area contributed by atoms with Crippen LogP contribution < -0.4 is 5.32 Å². The third-order valence-electron chi connectivity index (χ3n) is 5.13. The van der Waals surface area contributed by atoms with Gasteiger partial charge in [-0.25, -0.2) is 4.98 Å². The summed E-state index contributed by atoms with van der Waals surface area (Å²) in [7, 11) is 0. The van der Waals surface area contributed by atoms with Gasteiger partial charge in [-0.3, -0.25) is 4.79 Å². The molecular formula is C21H24N4O. The SMILES string of the molecule is O=C(NCC1CCN(CCc2ccccc2)C1)c1ccc2nccn2c1. The van der Waals surface area contributed by atoms with E-state index in [-0.39, 0.29) is 5.91 Å². The van der Waals surface area contributed by atoms with E-state index in [0.29, 0.717) is 11.5 Å². The number of benzene rings is 1. The summed E-state index contributed by atoms with van der Waals surface area (Å²) in [6.45, 7) is 4.01. The second-order valence-electron chi connectivity index (χ2n) is 7.01. The van der Waals surface area contributed by atoms with E-state index in [1.807, 2.05) is 28.9 Å². The quantitative estimate of drug-likeness (QED) is 0.745. The van der Waals surface area contributed by atoms with Crippen LogP contribution in [0.3, 0.4) is 0 Å². The van der Waals surface area contributed by atoms with E-state index in [0.717, 1.165) is 44.7 Å². The second-order valence-corrected chi connectivity index (χ2v) is 7.01. The molecule has 0 spiro atoms. The molecule has 134 valence electrons. The fourth-order valence-corrected chi connectivity index (χ4v) is 3.61. The molecule has 1 unspecified atom stereocenters. The minimum Gasteiger partial charge on any atom is -0.352 e. The standard InChI is InChI=1S/C21H24N4O/c26-21(19-6-7-20-22-10-13-25(20)16-19)23-14-18-9-12-24(15-18)11-8-17-4-2-1-3-5-17/h1-7,10,13,16,18H,8-9,11-12,14-15H2,(H,23,26). The maximum absolute atomic E-state index is 12.4. The Bertz CT molecular complexity index is 874. The molecule has 1 aliphatic heterocycles. The molecule has 1 saturated heterocycles. The van der Waals surface area contributed by atoms with Gasteiger partial charge in [0.2, 0.25) is 0 Å². The maximum atomic E-state index is 12.4. The van der Waals surface area contributed by atoms with Crippen LogP contribution in [-0.2, 0) is 6.42 Å². The summed E-state index contributed by atoms with van der Waals surface area (Å²) in [5.41, 5.74) is 2.92. The Morgan fingerprint density at radius 1 is 1.19 bits per heavy atom. The summed E-state index contributed by atoms with van der Waals surface area (Å²) in [5.74, 6) is 0.523. The lowest BCUT2D eigenvalue weighted by molar-refractivity contribution is 0.0947. The van der Waals surface area contributed by atoms with Gasteiger partial charge in [0.15, 0.2) is 0 Å². The molecule has 1 amide bonds. The van der Waals surface area contributed by atoms with Crippen molar-refractivity contribution in [2.45, 2.75) is 12.8 Å². The van der Waals surface area contributed by atoms with Gasteiger partial charge in [-0.2, -0.15) is 0 Å². The van der Waals surface area contributed by atoms with E-state index in [4.69, 9.17) is 0 Å². The zero-order valence-corrected chi connectivity index (χ0v) is 14.8. The first-order valence-corrected chi connectivity index (χ1v) is 9.25. The summed E-state index contributed by atoms with van der Waals surface area (Å²) in [5, 5.41) is 3.09. The van der Waals surface area contributed by atoms with Crippen molar-refractivity contribution in [3.8, 4) is 0 Å². The van der Waals surface area contributed by atoms with Gasteiger partial charge in [-0.1, -0.05) is 30.3 Å². The number of carbonyl (C=O) groups excluding carboxylic acids is 1. The van der Waals surface area contributed by atoms with E-state index in [9.17, 15) is 4.79 Å². The van der Waals surface area contributed by atoms with Gasteiger partial charge >= 0.3 is 0 Å². The topological polar surface area (TPSA) is 49.6 Å². The van der Waals surface area contributed by atoms with Gasteiger partial charge in [0, 0.05) is 38.2 Å². The van der Waals surface area contributed by atoms with Crippen LogP contribution in [0, 0.1) is 5.92 Å². The molecule has 0 bridgehead atoms. The zero-order valence-electron chi connectivity index (χ0n) is 14.8. The Hall–Kier alpha value is -2.66. The van der Waals surface area contributed by atoms with E-state index < -0.39 is 0 Å². The number of carbonyl (C=O) groups is 1. The number of rotatable bonds is 6. The Morgan fingerprint density at radius 3 is 2.96 bits per heavy atom. The molecular weight excluding hydrogens is 324 g/mol. The first-order chi connectivity index (χ1) is 12.8. The fourth-order valence-electron chi connectivity index (χ4n) is 3.61. The molecule has 1 fully saturated rings. The van der Waals surface area contributed by atoms with E-state index >= 15 is 0 Å². The van der Waals surface area contributed by atoms with Gasteiger partial charge < -0.3 is 14.6 Å². The predicted molar refractivity (Wildman–Crippen MR) is 102 cm³/mol. The van der Waals surface area contributed by atoms with Crippen molar-refractivity contribution < 1.29 is 4.79 Å². The van der Waals surface area contributed by atoms with Crippen LogP contribution in [0.1, 0.15) is 22.3 Å². The van der Waals surface area contributed by atoms with Gasteiger partial charge in [0.1, 0.15) is 5.65 Å². The molecule has 0 aliphatic carbocycles. The predicted octanol–water partition coefficient (Wildman–Crippen LogP) is 2.63. The number of nitrogens with zero attached hydrogens (tertiary/aromatic N) is 3. The van der Waals surface area contributed by atoms with Crippen LogP contribution in [0.15, 0.2) is 61.1 Å². The number of pyridine rings is 1. The van der Waals surface area contributed by atoms with Gasteiger partial charge in [-0.05, 0) is 43.0 Å². The molecule has 5 heteroatoms. The van der Waals surface area contributed by atoms with Crippen molar-refractivity contribution >= 4 is 11.6 Å². The maximum Gasteiger partial charge on any atom is 0.252 e. The molecule has 1 atom stereocenters. The van der Waals surface area contributed by atoms with Crippen molar-refractivity contribution in [1.82, 2.24) is 19.6 Å². The van der Waals surface area contributed by atoms with Crippen molar-refractivity contribution in [2.24, 2.45) is 5.92 Å². The molecule has 5 nitrogen and oxygen atoms in total. The van der Waals surface area contributed by atoms with Crippen molar-refractivity contribution in [3.05, 3.63) is 72.2 Å². The Kier molecular flexibility index (Phi) is 4.97. The number of hydrogen-bond acceptors (Lipinski definition) is 3. The molecule has 1 aromatic carbocycles. The molecule has 2 aromatic heterocycles. The number of likely N-dealkylation sites (tertiary alicyclic amines) is 1. The summed E-state index contributed by atoms with van der Waals surface area (Å²) in [6.07, 6.45) is 7.66. The number of imidazole rings is 1. The van der Waals surface area contributed by atoms with Crippen LogP contribution in [-0.4, -0.2) is 46.4 Å². The average Bonchev–Trinajstić information content (AvgIpc) is 3.33. The molecule has 1 N–H and O–H groups in total. The highest BCUT2D eigenvalue weighted by Gasteiger charge is 2.22. The molecule has 3 heterocycles. The molecule has 0 radical (unpaired) electrons. The molecule has 3 aromatic rings. The molecule has 4 rings (SSSR count). The van der Waals surface area contributed by atoms with Crippen LogP contribution in [0.4, 0.5) is 0 Å². The number of hydrogen-bond donors (Lipinski definition) is 1. The first kappa shape index (κ1) is 16.8. The third-order valence-corrected chi connectivity index (χ3v) is 5.13. The highest BCUT2D eigenvalue weighted by molar-refractivity contribution is 5.94. The minimum absolute atomic E-state index is 0.0108. The average molecular weight is 348 g/mol. The lowest BCUT2D eigenvalue weighted by Crippen LogP contribution is -2.31. The minimum atomic E-state index is -0.0108. The van der Waals surface area contributed by atoms with Crippen LogP contribution >= 0.6 is 0 Å². The van der Waals surface area contributed by atoms with Crippen LogP contribution in [0.2, 0.25) is 0 Å². The summed E-state index contributed by atoms with van der Waals surface area (Å²) >= 11 is 0. The van der Waals surface area contributed by atoms with E-state index in [1.54, 1.807) is 6.20 Å². The number of aromatic nitrogens is 2. The normalized spacial score (nSPS) is 17.6. The molecule has 1 aliphatic rings. The largest absolute Gasteiger partial charge is 0.352 e. The molecule has 26 heavy (non-hydrogen) atoms. The van der Waals surface area contributed by atoms with Crippen LogP contribution in [0.5, 0.6) is 0 Å². The van der Waals surface area contributed by atoms with Crippen molar-refractivity contribution in [2.75, 3.05) is 26.2 Å². The second kappa shape index (κ2) is 7.70. The van der Waals surface area contributed by atoms with Crippen molar-refractivity contribution in [3.63, 3.8) is 0 Å². The summed E-state index contributed by atoms with van der Waals surface area (Å²) in [4.78, 5) is 19.1. The number of fused-ring (bicyclic) bond motifs is 1.